The van der Waals surface area contributed by atoms with E-state index in [0.29, 0.717) is 24.8 Å². The molecule has 2 aromatic carbocycles. The van der Waals surface area contributed by atoms with Crippen molar-refractivity contribution < 1.29 is 18.8 Å². The first-order valence-electron chi connectivity index (χ1n) is 13.0. The van der Waals surface area contributed by atoms with Crippen LogP contribution in [-0.4, -0.2) is 34.6 Å². The van der Waals surface area contributed by atoms with Crippen molar-refractivity contribution in [2.75, 3.05) is 0 Å². The van der Waals surface area contributed by atoms with Crippen molar-refractivity contribution in [1.82, 2.24) is 10.2 Å². The van der Waals surface area contributed by atoms with Crippen molar-refractivity contribution in [3.63, 3.8) is 0 Å². The molecule has 0 unspecified atom stereocenters. The Morgan fingerprint density at radius 2 is 1.73 bits per heavy atom. The molecule has 1 aliphatic heterocycles. The fourth-order valence-corrected chi connectivity index (χ4v) is 5.80. The lowest BCUT2D eigenvalue weighted by molar-refractivity contribution is -0.157. The van der Waals surface area contributed by atoms with Crippen LogP contribution in [0.4, 0.5) is 4.39 Å². The molecule has 37 heavy (non-hydrogen) atoms. The number of carbonyl (C=O) groups is 3. The van der Waals surface area contributed by atoms with E-state index in [0.717, 1.165) is 0 Å². The molecule has 2 amide bonds. The summed E-state index contributed by atoms with van der Waals surface area (Å²) in [6.07, 6.45) is 1.91. The molecule has 1 fully saturated rings. The molecule has 4 rings (SSSR count). The fraction of sp³-hybridized carbons (Fsp3) is 0.500. The molecule has 0 aromatic heterocycles. The smallest absolute Gasteiger partial charge is 0.247 e. The zero-order chi connectivity index (χ0) is 27.1. The van der Waals surface area contributed by atoms with E-state index < -0.39 is 23.9 Å². The monoisotopic (exact) mass is 526 g/mol. The van der Waals surface area contributed by atoms with Gasteiger partial charge in [-0.05, 0) is 65.3 Å². The zero-order valence-corrected chi connectivity index (χ0v) is 22.9. The minimum Gasteiger partial charge on any atom is -0.342 e. The summed E-state index contributed by atoms with van der Waals surface area (Å²) >= 11 is 5.96. The van der Waals surface area contributed by atoms with Gasteiger partial charge in [0.15, 0.2) is 5.78 Å². The van der Waals surface area contributed by atoms with Gasteiger partial charge in [-0.25, -0.2) is 4.39 Å². The first-order valence-corrected chi connectivity index (χ1v) is 13.4. The molecule has 0 saturated carbocycles. The zero-order valence-electron chi connectivity index (χ0n) is 22.2. The highest BCUT2D eigenvalue weighted by Crippen LogP contribution is 2.37. The van der Waals surface area contributed by atoms with Gasteiger partial charge in [0.25, 0.3) is 0 Å². The summed E-state index contributed by atoms with van der Waals surface area (Å²) in [5, 5.41) is 2.94. The summed E-state index contributed by atoms with van der Waals surface area (Å²) in [7, 11) is 0. The number of hydrogen-bond acceptors (Lipinski definition) is 3. The molecule has 1 N–H and O–H groups in total. The topological polar surface area (TPSA) is 66.5 Å². The van der Waals surface area contributed by atoms with Crippen molar-refractivity contribution in [2.45, 2.75) is 78.4 Å². The van der Waals surface area contributed by atoms with Crippen LogP contribution >= 0.6 is 11.6 Å². The first-order chi connectivity index (χ1) is 17.4. The first kappa shape index (κ1) is 27.3. The van der Waals surface area contributed by atoms with Crippen LogP contribution in [0.5, 0.6) is 0 Å². The Balaban J connectivity index is 1.78. The van der Waals surface area contributed by atoms with Gasteiger partial charge in [0.1, 0.15) is 23.9 Å². The third-order valence-corrected chi connectivity index (χ3v) is 7.56. The number of nitrogens with zero attached hydrogens (tertiary/aromatic N) is 1. The fourth-order valence-electron chi connectivity index (χ4n) is 5.68. The number of ketones is 1. The molecule has 1 aliphatic carbocycles. The number of carbonyl (C=O) groups excluding carboxylic acids is 3. The maximum atomic E-state index is 14.6. The molecule has 0 radical (unpaired) electrons. The summed E-state index contributed by atoms with van der Waals surface area (Å²) in [5.41, 5.74) is 2.32. The minimum atomic E-state index is -1.08. The molecule has 5 nitrogen and oxygen atoms in total. The Hall–Kier alpha value is -2.73. The van der Waals surface area contributed by atoms with Crippen LogP contribution in [0.3, 0.4) is 0 Å². The highest BCUT2D eigenvalue weighted by molar-refractivity contribution is 6.30. The SMILES string of the molecule is CC(C)C[C@@H]1C(=O)N[C@H](C2Cc3ccccc3C2)C(=O)N1[C@@H](C(=O)CC(C)(C)C)c1ccc(Cl)c(F)c1. The van der Waals surface area contributed by atoms with Crippen LogP contribution in [-0.2, 0) is 27.2 Å². The Labute approximate surface area is 223 Å². The number of hydrogen-bond donors (Lipinski definition) is 1. The summed E-state index contributed by atoms with van der Waals surface area (Å²) in [5.74, 6) is -1.46. The minimum absolute atomic E-state index is 0.0613. The molecule has 2 aliphatic rings. The van der Waals surface area contributed by atoms with Crippen molar-refractivity contribution in [3.05, 3.63) is 70.0 Å². The van der Waals surface area contributed by atoms with E-state index in [1.54, 1.807) is 6.07 Å². The third kappa shape index (κ3) is 5.90. The predicted octanol–water partition coefficient (Wildman–Crippen LogP) is 5.68. The van der Waals surface area contributed by atoms with Gasteiger partial charge in [0.05, 0.1) is 5.02 Å². The predicted molar refractivity (Wildman–Crippen MR) is 143 cm³/mol. The van der Waals surface area contributed by atoms with Crippen LogP contribution in [0.1, 0.15) is 70.2 Å². The third-order valence-electron chi connectivity index (χ3n) is 7.25. The number of benzene rings is 2. The number of piperazine rings is 1. The lowest BCUT2D eigenvalue weighted by Crippen LogP contribution is -2.66. The van der Waals surface area contributed by atoms with Gasteiger partial charge in [-0.1, -0.05) is 76.6 Å². The second kappa shape index (κ2) is 10.6. The van der Waals surface area contributed by atoms with Gasteiger partial charge < -0.3 is 10.2 Å². The molecule has 3 atom stereocenters. The van der Waals surface area contributed by atoms with E-state index in [9.17, 15) is 18.8 Å². The Bertz CT molecular complexity index is 1180. The van der Waals surface area contributed by atoms with Gasteiger partial charge in [-0.2, -0.15) is 0 Å². The maximum absolute atomic E-state index is 14.6. The second-order valence-corrected chi connectivity index (χ2v) is 12.5. The van der Waals surface area contributed by atoms with Crippen molar-refractivity contribution in [1.29, 1.82) is 0 Å². The molecule has 0 bridgehead atoms. The largest absolute Gasteiger partial charge is 0.342 e. The average molecular weight is 527 g/mol. The molecular formula is C30H36ClFN2O3. The van der Waals surface area contributed by atoms with Crippen molar-refractivity contribution >= 4 is 29.2 Å². The number of nitrogens with one attached hydrogen (secondary N) is 1. The molecule has 7 heteroatoms. The lowest BCUT2D eigenvalue weighted by Gasteiger charge is -2.45. The van der Waals surface area contributed by atoms with Crippen LogP contribution in [0.15, 0.2) is 42.5 Å². The quantitative estimate of drug-likeness (QED) is 0.504. The van der Waals surface area contributed by atoms with E-state index in [1.807, 2.05) is 46.8 Å². The summed E-state index contributed by atoms with van der Waals surface area (Å²) in [6, 6.07) is 9.59. The Morgan fingerprint density at radius 3 is 2.27 bits per heavy atom. The van der Waals surface area contributed by atoms with Gasteiger partial charge in [0, 0.05) is 6.42 Å². The summed E-state index contributed by atoms with van der Waals surface area (Å²) in [6.45, 7) is 9.78. The van der Waals surface area contributed by atoms with Crippen LogP contribution in [0.25, 0.3) is 0 Å². The van der Waals surface area contributed by atoms with E-state index in [4.69, 9.17) is 11.6 Å². The molecular weight excluding hydrogens is 491 g/mol. The van der Waals surface area contributed by atoms with Gasteiger partial charge in [0.2, 0.25) is 11.8 Å². The maximum Gasteiger partial charge on any atom is 0.247 e. The number of amides is 2. The van der Waals surface area contributed by atoms with Crippen LogP contribution in [0, 0.1) is 23.1 Å². The van der Waals surface area contributed by atoms with E-state index in [-0.39, 0.29) is 46.3 Å². The van der Waals surface area contributed by atoms with E-state index in [1.165, 1.54) is 28.2 Å². The normalized spacial score (nSPS) is 21.2. The number of rotatable bonds is 7. The molecule has 198 valence electrons. The van der Waals surface area contributed by atoms with Gasteiger partial charge >= 0.3 is 0 Å². The molecule has 1 heterocycles. The number of Topliss-reactive ketones (excluding diaryl/α,β-unsaturated/α-hetero) is 1. The molecule has 1 saturated heterocycles. The number of halogens is 2. The number of fused-ring (bicyclic) bond motifs is 1. The molecule has 2 aromatic rings. The summed E-state index contributed by atoms with van der Waals surface area (Å²) in [4.78, 5) is 43.2. The Kier molecular flexibility index (Phi) is 7.80. The van der Waals surface area contributed by atoms with Crippen LogP contribution in [0.2, 0.25) is 5.02 Å². The van der Waals surface area contributed by atoms with E-state index in [2.05, 4.69) is 17.4 Å². The van der Waals surface area contributed by atoms with Crippen LogP contribution < -0.4 is 5.32 Å². The Morgan fingerprint density at radius 1 is 1.11 bits per heavy atom. The standard InChI is InChI=1S/C30H36ClFN2O3/c1-17(2)12-24-28(36)33-26(21-13-18-8-6-7-9-19(18)14-21)29(37)34(24)27(25(35)16-30(3,4)5)20-10-11-22(31)23(32)15-20/h6-11,15,17,21,24,26-27H,12-14,16H2,1-5H3,(H,33,36)/t24-,26-,27-/m1/s1. The summed E-state index contributed by atoms with van der Waals surface area (Å²) < 4.78 is 14.6. The second-order valence-electron chi connectivity index (χ2n) is 12.1. The van der Waals surface area contributed by atoms with Crippen molar-refractivity contribution in [3.8, 4) is 0 Å². The highest BCUT2D eigenvalue weighted by Gasteiger charge is 2.49. The average Bonchev–Trinajstić information content (AvgIpc) is 3.23. The lowest BCUT2D eigenvalue weighted by atomic mass is 9.83. The van der Waals surface area contributed by atoms with Crippen molar-refractivity contribution in [2.24, 2.45) is 17.3 Å². The highest BCUT2D eigenvalue weighted by atomic mass is 35.5. The van der Waals surface area contributed by atoms with Gasteiger partial charge in [-0.3, -0.25) is 14.4 Å². The van der Waals surface area contributed by atoms with Gasteiger partial charge in [-0.15, -0.1) is 0 Å². The van der Waals surface area contributed by atoms with E-state index >= 15 is 0 Å². The molecule has 0 spiro atoms.